The second-order valence-corrected chi connectivity index (χ2v) is 6.64. The van der Waals surface area contributed by atoms with Crippen molar-refractivity contribution in [1.29, 1.82) is 0 Å². The van der Waals surface area contributed by atoms with Gasteiger partial charge >= 0.3 is 11.6 Å². The molecule has 0 bridgehead atoms. The van der Waals surface area contributed by atoms with Crippen LogP contribution in [0, 0.1) is 5.41 Å². The molecule has 24 heavy (non-hydrogen) atoms. The molecule has 0 saturated heterocycles. The molecule has 1 aromatic heterocycles. The Kier molecular flexibility index (Phi) is 3.97. The first kappa shape index (κ1) is 16.0. The lowest BCUT2D eigenvalue weighted by Gasteiger charge is -2.16. The third kappa shape index (κ3) is 3.23. The van der Waals surface area contributed by atoms with E-state index in [2.05, 4.69) is 0 Å². The molecule has 0 amide bonds. The van der Waals surface area contributed by atoms with E-state index in [1.54, 1.807) is 39.0 Å². The summed E-state index contributed by atoms with van der Waals surface area (Å²) in [6.07, 6.45) is 0. The molecule has 0 radical (unpaired) electrons. The molecule has 4 nitrogen and oxygen atoms in total. The topological polar surface area (TPSA) is 56.5 Å². The van der Waals surface area contributed by atoms with Crippen LogP contribution in [0.4, 0.5) is 0 Å². The van der Waals surface area contributed by atoms with Crippen LogP contribution < -0.4 is 10.4 Å². The van der Waals surface area contributed by atoms with Crippen LogP contribution in [0.2, 0.25) is 0 Å². The van der Waals surface area contributed by atoms with Crippen LogP contribution in [0.25, 0.3) is 22.1 Å². The number of esters is 1. The van der Waals surface area contributed by atoms with Crippen LogP contribution in [-0.4, -0.2) is 5.97 Å². The molecule has 0 aliphatic rings. The molecule has 4 heteroatoms. The van der Waals surface area contributed by atoms with Crippen LogP contribution in [-0.2, 0) is 4.79 Å². The van der Waals surface area contributed by atoms with Crippen molar-refractivity contribution < 1.29 is 13.9 Å². The second-order valence-electron chi connectivity index (χ2n) is 6.64. The highest BCUT2D eigenvalue weighted by Crippen LogP contribution is 2.30. The number of hydrogen-bond donors (Lipinski definition) is 0. The highest BCUT2D eigenvalue weighted by Gasteiger charge is 2.24. The zero-order valence-corrected chi connectivity index (χ0v) is 13.8. The molecule has 0 spiro atoms. The van der Waals surface area contributed by atoms with Gasteiger partial charge in [0.05, 0.1) is 5.41 Å². The Morgan fingerprint density at radius 1 is 1.00 bits per heavy atom. The van der Waals surface area contributed by atoms with Crippen LogP contribution in [0.3, 0.4) is 0 Å². The van der Waals surface area contributed by atoms with Crippen molar-refractivity contribution in [3.63, 3.8) is 0 Å². The van der Waals surface area contributed by atoms with E-state index in [0.29, 0.717) is 11.3 Å². The smallest absolute Gasteiger partial charge is 0.336 e. The van der Waals surface area contributed by atoms with Crippen LogP contribution in [0.15, 0.2) is 63.8 Å². The first-order valence-corrected chi connectivity index (χ1v) is 7.70. The number of carbonyl (C=O) groups excluding carboxylic acids is 1. The van der Waals surface area contributed by atoms with E-state index in [0.717, 1.165) is 16.5 Å². The van der Waals surface area contributed by atoms with Crippen molar-refractivity contribution in [2.45, 2.75) is 20.8 Å². The molecule has 3 aromatic rings. The maximum absolute atomic E-state index is 12.0. The molecule has 0 saturated carbocycles. The zero-order valence-electron chi connectivity index (χ0n) is 13.8. The number of carbonyl (C=O) groups is 1. The lowest BCUT2D eigenvalue weighted by atomic mass is 9.97. The quantitative estimate of drug-likeness (QED) is 0.398. The summed E-state index contributed by atoms with van der Waals surface area (Å²) in [5, 5.41) is 0.788. The van der Waals surface area contributed by atoms with Gasteiger partial charge in [-0.25, -0.2) is 4.79 Å². The van der Waals surface area contributed by atoms with Crippen molar-refractivity contribution in [3.8, 4) is 16.9 Å². The molecule has 0 unspecified atom stereocenters. The lowest BCUT2D eigenvalue weighted by Crippen LogP contribution is -2.25. The number of rotatable bonds is 2. The normalized spacial score (nSPS) is 11.5. The van der Waals surface area contributed by atoms with E-state index in [9.17, 15) is 9.59 Å². The Hall–Kier alpha value is -2.88. The molecule has 1 heterocycles. The monoisotopic (exact) mass is 322 g/mol. The second kappa shape index (κ2) is 5.96. The largest absolute Gasteiger partial charge is 0.426 e. The summed E-state index contributed by atoms with van der Waals surface area (Å²) in [5.74, 6) is 0.0131. The van der Waals surface area contributed by atoms with Crippen molar-refractivity contribution in [3.05, 3.63) is 65.0 Å². The molecule has 2 aromatic carbocycles. The third-order valence-corrected chi connectivity index (χ3v) is 3.62. The summed E-state index contributed by atoms with van der Waals surface area (Å²) in [6, 6.07) is 16.2. The van der Waals surface area contributed by atoms with Gasteiger partial charge in [-0.15, -0.1) is 0 Å². The summed E-state index contributed by atoms with van der Waals surface area (Å²) >= 11 is 0. The fraction of sp³-hybridized carbons (Fsp3) is 0.200. The first-order chi connectivity index (χ1) is 11.3. The van der Waals surface area contributed by atoms with Gasteiger partial charge in [-0.3, -0.25) is 4.79 Å². The van der Waals surface area contributed by atoms with E-state index in [4.69, 9.17) is 9.15 Å². The standard InChI is InChI=1S/C20H18O4/c1-20(2,3)19(22)23-14-9-10-15-16(13-7-5-4-6-8-13)12-18(21)24-17(15)11-14/h4-12H,1-3H3. The van der Waals surface area contributed by atoms with Gasteiger partial charge in [0.1, 0.15) is 11.3 Å². The summed E-state index contributed by atoms with van der Waals surface area (Å²) < 4.78 is 10.7. The SMILES string of the molecule is CC(C)(C)C(=O)Oc1ccc2c(-c3ccccc3)cc(=O)oc2c1. The number of fused-ring (bicyclic) bond motifs is 1. The minimum atomic E-state index is -0.609. The van der Waals surface area contributed by atoms with Crippen LogP contribution in [0.1, 0.15) is 20.8 Å². The number of ether oxygens (including phenoxy) is 1. The van der Waals surface area contributed by atoms with Gasteiger partial charge in [-0.2, -0.15) is 0 Å². The van der Waals surface area contributed by atoms with E-state index in [1.807, 2.05) is 30.3 Å². The minimum Gasteiger partial charge on any atom is -0.426 e. The molecule has 0 fully saturated rings. The maximum Gasteiger partial charge on any atom is 0.336 e. The minimum absolute atomic E-state index is 0.344. The van der Waals surface area contributed by atoms with Crippen molar-refractivity contribution in [2.75, 3.05) is 0 Å². The first-order valence-electron chi connectivity index (χ1n) is 7.70. The highest BCUT2D eigenvalue weighted by molar-refractivity contribution is 5.94. The Balaban J connectivity index is 2.09. The van der Waals surface area contributed by atoms with Gasteiger partial charge in [0.2, 0.25) is 0 Å². The van der Waals surface area contributed by atoms with E-state index >= 15 is 0 Å². The summed E-state index contributed by atoms with van der Waals surface area (Å²) in [7, 11) is 0. The zero-order chi connectivity index (χ0) is 17.3. The summed E-state index contributed by atoms with van der Waals surface area (Å²) in [5.41, 5.74) is 1.05. The van der Waals surface area contributed by atoms with Crippen molar-refractivity contribution >= 4 is 16.9 Å². The average molecular weight is 322 g/mol. The van der Waals surface area contributed by atoms with Gasteiger partial charge in [0.15, 0.2) is 0 Å². The predicted molar refractivity (Wildman–Crippen MR) is 93.0 cm³/mol. The highest BCUT2D eigenvalue weighted by atomic mass is 16.5. The number of benzene rings is 2. The maximum atomic E-state index is 12.0. The van der Waals surface area contributed by atoms with Crippen molar-refractivity contribution in [2.24, 2.45) is 5.41 Å². The summed E-state index contributed by atoms with van der Waals surface area (Å²) in [6.45, 7) is 5.35. The Morgan fingerprint density at radius 2 is 1.71 bits per heavy atom. The molecule has 0 aliphatic heterocycles. The van der Waals surface area contributed by atoms with Gasteiger partial charge in [0.25, 0.3) is 0 Å². The van der Waals surface area contributed by atoms with E-state index < -0.39 is 11.0 Å². The van der Waals surface area contributed by atoms with Crippen molar-refractivity contribution in [1.82, 2.24) is 0 Å². The summed E-state index contributed by atoms with van der Waals surface area (Å²) in [4.78, 5) is 23.9. The fourth-order valence-corrected chi connectivity index (χ4v) is 2.32. The van der Waals surface area contributed by atoms with Gasteiger partial charge in [-0.05, 0) is 44.0 Å². The molecule has 0 aliphatic carbocycles. The number of hydrogen-bond acceptors (Lipinski definition) is 4. The van der Waals surface area contributed by atoms with Crippen LogP contribution >= 0.6 is 0 Å². The van der Waals surface area contributed by atoms with Crippen LogP contribution in [0.5, 0.6) is 5.75 Å². The molecular formula is C20H18O4. The van der Waals surface area contributed by atoms with Gasteiger partial charge in [-0.1, -0.05) is 30.3 Å². The molecule has 0 atom stereocenters. The lowest BCUT2D eigenvalue weighted by molar-refractivity contribution is -0.142. The molecular weight excluding hydrogens is 304 g/mol. The molecule has 122 valence electrons. The molecule has 0 N–H and O–H groups in total. The van der Waals surface area contributed by atoms with Gasteiger partial charge < -0.3 is 9.15 Å². The van der Waals surface area contributed by atoms with Gasteiger partial charge in [0, 0.05) is 17.5 Å². The fourth-order valence-electron chi connectivity index (χ4n) is 2.32. The Morgan fingerprint density at radius 3 is 2.38 bits per heavy atom. The Bertz CT molecular complexity index is 947. The van der Waals surface area contributed by atoms with E-state index in [-0.39, 0.29) is 5.97 Å². The van der Waals surface area contributed by atoms with E-state index in [1.165, 1.54) is 6.07 Å². The average Bonchev–Trinajstić information content (AvgIpc) is 2.53. The molecule has 3 rings (SSSR count). The Labute approximate surface area is 139 Å². The predicted octanol–water partition coefficient (Wildman–Crippen LogP) is 4.41. The third-order valence-electron chi connectivity index (χ3n) is 3.62.